The molecule has 2 amide bonds. The van der Waals surface area contributed by atoms with E-state index in [1.807, 2.05) is 10.9 Å². The summed E-state index contributed by atoms with van der Waals surface area (Å²) < 4.78 is 28.0. The Kier molecular flexibility index (Phi) is 7.63. The summed E-state index contributed by atoms with van der Waals surface area (Å²) in [6, 6.07) is 5.31. The van der Waals surface area contributed by atoms with Crippen LogP contribution in [-0.4, -0.2) is 63.6 Å². The summed E-state index contributed by atoms with van der Waals surface area (Å²) in [5.41, 5.74) is 1.15. The minimum atomic E-state index is -0.936. The predicted molar refractivity (Wildman–Crippen MR) is 141 cm³/mol. The van der Waals surface area contributed by atoms with Crippen molar-refractivity contribution in [2.45, 2.75) is 83.1 Å². The van der Waals surface area contributed by atoms with E-state index in [-0.39, 0.29) is 18.4 Å². The second kappa shape index (κ2) is 11.0. The van der Waals surface area contributed by atoms with E-state index < -0.39 is 35.5 Å². The number of nitrogens with zero attached hydrogens (tertiary/aromatic N) is 4. The van der Waals surface area contributed by atoms with Gasteiger partial charge < -0.3 is 14.8 Å². The smallest absolute Gasteiger partial charge is 0.411 e. The summed E-state index contributed by atoms with van der Waals surface area (Å²) in [7, 11) is 0. The largest absolute Gasteiger partial charge is 0.444 e. The molecule has 3 aliphatic rings. The van der Waals surface area contributed by atoms with Crippen LogP contribution in [0.2, 0.25) is 0 Å². The molecule has 208 valence electrons. The van der Waals surface area contributed by atoms with Crippen LogP contribution in [0, 0.1) is 29.0 Å². The average molecular weight is 538 g/mol. The monoisotopic (exact) mass is 537 g/mol. The molecule has 3 heterocycles. The highest BCUT2D eigenvalue weighted by Gasteiger charge is 2.52. The van der Waals surface area contributed by atoms with Crippen molar-refractivity contribution in [3.8, 4) is 17.2 Å². The van der Waals surface area contributed by atoms with Gasteiger partial charge in [0.15, 0.2) is 0 Å². The Labute approximate surface area is 228 Å². The molecule has 1 aromatic carbocycles. The summed E-state index contributed by atoms with van der Waals surface area (Å²) in [4.78, 5) is 27.7. The van der Waals surface area contributed by atoms with E-state index in [2.05, 4.69) is 16.5 Å². The third kappa shape index (κ3) is 6.09. The van der Waals surface area contributed by atoms with Gasteiger partial charge in [0, 0.05) is 43.3 Å². The van der Waals surface area contributed by atoms with Crippen LogP contribution in [0.15, 0.2) is 30.6 Å². The minimum absolute atomic E-state index is 0.0164. The standard InChI is InChI=1S/C29H36FN5O4/c1-29(2,3)39-28(37)35-24-7-6-21(11-24)26(35)27(36)33-23(13-31)10-20-5-4-19(12-25(20)30)22-14-32-34(16-22)15-18-8-9-38-17-18/h4-5,12,14,16,18,21,23-24,26H,6-11,15,17H2,1-3H3,(H,33,36)/t18?,21-,23-,24+,26-/m0/s1. The quantitative estimate of drug-likeness (QED) is 0.570. The van der Waals surface area contributed by atoms with Crippen molar-refractivity contribution in [2.24, 2.45) is 11.8 Å². The van der Waals surface area contributed by atoms with Crippen LogP contribution in [0.25, 0.3) is 11.1 Å². The van der Waals surface area contributed by atoms with E-state index in [9.17, 15) is 14.9 Å². The molecular formula is C29H36FN5O4. The highest BCUT2D eigenvalue weighted by atomic mass is 19.1. The molecule has 1 aromatic heterocycles. The lowest BCUT2D eigenvalue weighted by atomic mass is 9.97. The van der Waals surface area contributed by atoms with Crippen molar-refractivity contribution in [1.82, 2.24) is 20.0 Å². The molecule has 5 atom stereocenters. The molecule has 9 nitrogen and oxygen atoms in total. The van der Waals surface area contributed by atoms with Crippen LogP contribution in [0.1, 0.15) is 52.0 Å². The van der Waals surface area contributed by atoms with Gasteiger partial charge in [-0.1, -0.05) is 12.1 Å². The molecule has 0 spiro atoms. The molecule has 2 bridgehead atoms. The number of benzene rings is 1. The topological polar surface area (TPSA) is 109 Å². The Morgan fingerprint density at radius 2 is 2.10 bits per heavy atom. The van der Waals surface area contributed by atoms with Gasteiger partial charge in [-0.2, -0.15) is 10.4 Å². The maximum Gasteiger partial charge on any atom is 0.411 e. The molecule has 3 fully saturated rings. The number of carbonyl (C=O) groups excluding carboxylic acids is 2. The first-order valence-electron chi connectivity index (χ1n) is 13.7. The highest BCUT2D eigenvalue weighted by molar-refractivity contribution is 5.87. The molecule has 2 aromatic rings. The van der Waals surface area contributed by atoms with Gasteiger partial charge in [0.25, 0.3) is 0 Å². The third-order valence-electron chi connectivity index (χ3n) is 7.84. The fourth-order valence-corrected chi connectivity index (χ4v) is 6.01. The fourth-order valence-electron chi connectivity index (χ4n) is 6.01. The molecule has 1 unspecified atom stereocenters. The van der Waals surface area contributed by atoms with Crippen LogP contribution in [0.4, 0.5) is 9.18 Å². The number of fused-ring (bicyclic) bond motifs is 2. The van der Waals surface area contributed by atoms with Gasteiger partial charge in [-0.3, -0.25) is 14.4 Å². The summed E-state index contributed by atoms with van der Waals surface area (Å²) >= 11 is 0. The molecule has 39 heavy (non-hydrogen) atoms. The van der Waals surface area contributed by atoms with Gasteiger partial charge in [-0.15, -0.1) is 0 Å². The van der Waals surface area contributed by atoms with E-state index in [1.165, 1.54) is 6.07 Å². The van der Waals surface area contributed by atoms with Crippen molar-refractivity contribution in [3.63, 3.8) is 0 Å². The lowest BCUT2D eigenvalue weighted by Gasteiger charge is -2.35. The van der Waals surface area contributed by atoms with Gasteiger partial charge in [0.2, 0.25) is 5.91 Å². The van der Waals surface area contributed by atoms with Crippen LogP contribution in [0.3, 0.4) is 0 Å². The van der Waals surface area contributed by atoms with Crippen LogP contribution in [0.5, 0.6) is 0 Å². The summed E-state index contributed by atoms with van der Waals surface area (Å²) in [6.07, 6.45) is 6.56. The van der Waals surface area contributed by atoms with E-state index in [0.29, 0.717) is 17.0 Å². The van der Waals surface area contributed by atoms with Crippen LogP contribution in [-0.2, 0) is 27.2 Å². The van der Waals surface area contributed by atoms with Crippen molar-refractivity contribution in [1.29, 1.82) is 5.26 Å². The molecule has 0 radical (unpaired) electrons. The second-order valence-corrected chi connectivity index (χ2v) is 11.9. The number of hydrogen-bond donors (Lipinski definition) is 1. The van der Waals surface area contributed by atoms with E-state index in [1.54, 1.807) is 44.0 Å². The molecule has 10 heteroatoms. The number of ether oxygens (including phenoxy) is 2. The number of hydrogen-bond acceptors (Lipinski definition) is 6. The van der Waals surface area contributed by atoms with Gasteiger partial charge in [0.05, 0.1) is 18.9 Å². The van der Waals surface area contributed by atoms with E-state index in [4.69, 9.17) is 9.47 Å². The molecule has 1 aliphatic carbocycles. The molecule has 1 saturated carbocycles. The van der Waals surface area contributed by atoms with Gasteiger partial charge >= 0.3 is 6.09 Å². The Morgan fingerprint density at radius 1 is 1.28 bits per heavy atom. The molecular weight excluding hydrogens is 501 g/mol. The van der Waals surface area contributed by atoms with Crippen molar-refractivity contribution >= 4 is 12.0 Å². The van der Waals surface area contributed by atoms with Gasteiger partial charge in [0.1, 0.15) is 23.5 Å². The maximum atomic E-state index is 15.1. The Bertz CT molecular complexity index is 1260. The number of amides is 2. The zero-order chi connectivity index (χ0) is 27.7. The van der Waals surface area contributed by atoms with Crippen molar-refractivity contribution in [2.75, 3.05) is 13.2 Å². The van der Waals surface area contributed by atoms with Crippen LogP contribution >= 0.6 is 0 Å². The lowest BCUT2D eigenvalue weighted by molar-refractivity contribution is -0.128. The second-order valence-electron chi connectivity index (χ2n) is 11.9. The molecule has 2 aliphatic heterocycles. The molecule has 1 N–H and O–H groups in total. The summed E-state index contributed by atoms with van der Waals surface area (Å²) in [5.74, 6) is -0.378. The Morgan fingerprint density at radius 3 is 2.79 bits per heavy atom. The first-order valence-corrected chi connectivity index (χ1v) is 13.7. The third-order valence-corrected chi connectivity index (χ3v) is 7.84. The number of likely N-dealkylation sites (tertiary alicyclic amines) is 1. The SMILES string of the molecule is CC(C)(C)OC(=O)N1[C@@H]2CC[C@@H](C2)[C@H]1C(=O)N[C@H](C#N)Cc1ccc(-c2cnn(CC3CCOC3)c2)cc1F. The molecule has 5 rings (SSSR count). The minimum Gasteiger partial charge on any atom is -0.444 e. The number of nitrogens with one attached hydrogen (secondary N) is 1. The van der Waals surface area contributed by atoms with Crippen molar-refractivity contribution < 1.29 is 23.5 Å². The van der Waals surface area contributed by atoms with Gasteiger partial charge in [-0.05, 0) is 69.6 Å². The molecule has 2 saturated heterocycles. The van der Waals surface area contributed by atoms with Crippen LogP contribution < -0.4 is 5.32 Å². The number of nitriles is 1. The Hall–Kier alpha value is -3.45. The number of carbonyl (C=O) groups is 2. The predicted octanol–water partition coefficient (Wildman–Crippen LogP) is 4.06. The lowest BCUT2D eigenvalue weighted by Crippen LogP contribution is -2.55. The number of halogens is 1. The summed E-state index contributed by atoms with van der Waals surface area (Å²) in [6.45, 7) is 7.64. The average Bonchev–Trinajstić information content (AvgIpc) is 3.68. The zero-order valence-corrected chi connectivity index (χ0v) is 22.7. The normalized spacial score (nSPS) is 24.9. The maximum absolute atomic E-state index is 15.1. The van der Waals surface area contributed by atoms with E-state index in [0.717, 1.165) is 51.0 Å². The first kappa shape index (κ1) is 27.1. The first-order chi connectivity index (χ1) is 18.6. The highest BCUT2D eigenvalue weighted by Crippen LogP contribution is 2.43. The van der Waals surface area contributed by atoms with Gasteiger partial charge in [-0.25, -0.2) is 9.18 Å². The summed E-state index contributed by atoms with van der Waals surface area (Å²) in [5, 5.41) is 16.9. The van der Waals surface area contributed by atoms with Crippen molar-refractivity contribution in [3.05, 3.63) is 42.0 Å². The van der Waals surface area contributed by atoms with E-state index >= 15 is 4.39 Å². The zero-order valence-electron chi connectivity index (χ0n) is 22.7. The number of aromatic nitrogens is 2. The fraction of sp³-hybridized carbons (Fsp3) is 0.586. The Balaban J connectivity index is 1.23. The number of rotatable bonds is 7. The number of piperidine rings is 1.